The number of aryl methyl sites for hydroxylation is 3. The number of anilines is 1. The van der Waals surface area contributed by atoms with Gasteiger partial charge in [0.25, 0.3) is 0 Å². The van der Waals surface area contributed by atoms with Crippen molar-refractivity contribution in [3.05, 3.63) is 58.7 Å². The van der Waals surface area contributed by atoms with Crippen molar-refractivity contribution in [3.63, 3.8) is 0 Å². The Bertz CT molecular complexity index is 889. The van der Waals surface area contributed by atoms with Crippen LogP contribution in [0.3, 0.4) is 0 Å². The Morgan fingerprint density at radius 1 is 1.11 bits per heavy atom. The van der Waals surface area contributed by atoms with Crippen molar-refractivity contribution in [1.29, 1.82) is 0 Å². The summed E-state index contributed by atoms with van der Waals surface area (Å²) in [5.74, 6) is -0.785. The number of rotatable bonds is 4. The maximum atomic E-state index is 12.3. The van der Waals surface area contributed by atoms with Crippen LogP contribution in [-0.4, -0.2) is 30.6 Å². The largest absolute Gasteiger partial charge is 0.497 e. The van der Waals surface area contributed by atoms with Gasteiger partial charge in [0, 0.05) is 5.69 Å². The molecule has 1 aliphatic carbocycles. The molecule has 1 aliphatic rings. The molecule has 28 heavy (non-hydrogen) atoms. The SMILES string of the molecule is COc1ccc2c(c1)CCC[C@@]2(O)CNC(=O)C(=O)Nc1cc(C)cc(C)c1. The number of nitrogens with one attached hydrogen (secondary N) is 2. The van der Waals surface area contributed by atoms with Gasteiger partial charge >= 0.3 is 11.8 Å². The van der Waals surface area contributed by atoms with Crippen molar-refractivity contribution in [1.82, 2.24) is 5.32 Å². The molecule has 0 saturated carbocycles. The van der Waals surface area contributed by atoms with Crippen molar-refractivity contribution >= 4 is 17.5 Å². The Balaban J connectivity index is 1.66. The van der Waals surface area contributed by atoms with Gasteiger partial charge in [0.05, 0.1) is 13.7 Å². The minimum Gasteiger partial charge on any atom is -0.497 e. The zero-order valence-corrected chi connectivity index (χ0v) is 16.5. The highest BCUT2D eigenvalue weighted by Gasteiger charge is 2.35. The molecule has 0 aromatic heterocycles. The van der Waals surface area contributed by atoms with Gasteiger partial charge in [-0.25, -0.2) is 0 Å². The summed E-state index contributed by atoms with van der Waals surface area (Å²) in [5, 5.41) is 16.3. The molecule has 0 spiro atoms. The first-order valence-corrected chi connectivity index (χ1v) is 9.38. The molecule has 148 valence electrons. The zero-order valence-electron chi connectivity index (χ0n) is 16.5. The van der Waals surface area contributed by atoms with E-state index in [4.69, 9.17) is 4.74 Å². The second-order valence-corrected chi connectivity index (χ2v) is 7.42. The van der Waals surface area contributed by atoms with Gasteiger partial charge in [0.1, 0.15) is 11.4 Å². The summed E-state index contributed by atoms with van der Waals surface area (Å²) in [6.07, 6.45) is 2.16. The van der Waals surface area contributed by atoms with E-state index in [1.807, 2.05) is 32.0 Å². The van der Waals surface area contributed by atoms with E-state index in [0.717, 1.165) is 40.8 Å². The predicted molar refractivity (Wildman–Crippen MR) is 107 cm³/mol. The molecule has 2 aromatic carbocycles. The van der Waals surface area contributed by atoms with E-state index in [1.165, 1.54) is 0 Å². The Labute approximate surface area is 164 Å². The van der Waals surface area contributed by atoms with Crippen molar-refractivity contribution in [2.45, 2.75) is 38.7 Å². The number of hydrogen-bond donors (Lipinski definition) is 3. The van der Waals surface area contributed by atoms with Gasteiger partial charge < -0.3 is 20.5 Å². The molecule has 1 atom stereocenters. The van der Waals surface area contributed by atoms with Gasteiger partial charge in [0.15, 0.2) is 0 Å². The third kappa shape index (κ3) is 4.34. The Kier molecular flexibility index (Phi) is 5.70. The molecule has 0 unspecified atom stereocenters. The van der Waals surface area contributed by atoms with Crippen LogP contribution >= 0.6 is 0 Å². The molecule has 0 fully saturated rings. The molecule has 6 nitrogen and oxygen atoms in total. The van der Waals surface area contributed by atoms with Gasteiger partial charge in [-0.3, -0.25) is 9.59 Å². The lowest BCUT2D eigenvalue weighted by Gasteiger charge is -2.34. The van der Waals surface area contributed by atoms with Crippen LogP contribution in [0.1, 0.15) is 35.1 Å². The van der Waals surface area contributed by atoms with Gasteiger partial charge in [-0.1, -0.05) is 12.1 Å². The average Bonchev–Trinajstić information content (AvgIpc) is 2.65. The van der Waals surface area contributed by atoms with E-state index in [9.17, 15) is 14.7 Å². The molecule has 0 saturated heterocycles. The van der Waals surface area contributed by atoms with Crippen LogP contribution in [0, 0.1) is 13.8 Å². The number of amides is 2. The summed E-state index contributed by atoms with van der Waals surface area (Å²) < 4.78 is 5.25. The smallest absolute Gasteiger partial charge is 0.313 e. The summed E-state index contributed by atoms with van der Waals surface area (Å²) >= 11 is 0. The average molecular weight is 382 g/mol. The zero-order chi connectivity index (χ0) is 20.3. The van der Waals surface area contributed by atoms with Crippen molar-refractivity contribution in [2.75, 3.05) is 19.0 Å². The third-order valence-corrected chi connectivity index (χ3v) is 5.08. The van der Waals surface area contributed by atoms with E-state index in [1.54, 1.807) is 25.3 Å². The number of benzene rings is 2. The van der Waals surface area contributed by atoms with E-state index in [-0.39, 0.29) is 6.54 Å². The van der Waals surface area contributed by atoms with Crippen LogP contribution in [0.15, 0.2) is 36.4 Å². The summed E-state index contributed by atoms with van der Waals surface area (Å²) in [6.45, 7) is 3.83. The van der Waals surface area contributed by atoms with Crippen LogP contribution in [0.5, 0.6) is 5.75 Å². The number of carbonyl (C=O) groups is 2. The molecule has 0 radical (unpaired) electrons. The minimum absolute atomic E-state index is 0.0224. The van der Waals surface area contributed by atoms with Crippen LogP contribution in [0.4, 0.5) is 5.69 Å². The normalized spacial score (nSPS) is 18.1. The predicted octanol–water partition coefficient (Wildman–Crippen LogP) is 2.59. The molecule has 0 aliphatic heterocycles. The fraction of sp³-hybridized carbons (Fsp3) is 0.364. The lowest BCUT2D eigenvalue weighted by molar-refractivity contribution is -0.137. The fourth-order valence-corrected chi connectivity index (χ4v) is 3.79. The standard InChI is InChI=1S/C22H26N2O4/c1-14-9-15(2)11-17(10-14)24-21(26)20(25)23-13-22(27)8-4-5-16-12-18(28-3)6-7-19(16)22/h6-7,9-12,27H,4-5,8,13H2,1-3H3,(H,23,25)(H,24,26)/t22-/m1/s1. The molecule has 2 amide bonds. The number of ether oxygens (including phenoxy) is 1. The van der Waals surface area contributed by atoms with Gasteiger partial charge in [-0.2, -0.15) is 0 Å². The van der Waals surface area contributed by atoms with Gasteiger partial charge in [-0.15, -0.1) is 0 Å². The third-order valence-electron chi connectivity index (χ3n) is 5.08. The molecular weight excluding hydrogens is 356 g/mol. The van der Waals surface area contributed by atoms with E-state index < -0.39 is 17.4 Å². The number of aliphatic hydroxyl groups is 1. The van der Waals surface area contributed by atoms with Crippen molar-refractivity contribution in [3.8, 4) is 5.75 Å². The lowest BCUT2D eigenvalue weighted by atomic mass is 9.79. The first-order chi connectivity index (χ1) is 13.3. The van der Waals surface area contributed by atoms with E-state index >= 15 is 0 Å². The Hall–Kier alpha value is -2.86. The maximum absolute atomic E-state index is 12.3. The second-order valence-electron chi connectivity index (χ2n) is 7.42. The first kappa shape index (κ1) is 19.9. The topological polar surface area (TPSA) is 87.7 Å². The number of fused-ring (bicyclic) bond motifs is 1. The highest BCUT2D eigenvalue weighted by molar-refractivity contribution is 6.39. The Morgan fingerprint density at radius 3 is 2.50 bits per heavy atom. The number of carbonyl (C=O) groups excluding carboxylic acids is 2. The fourth-order valence-electron chi connectivity index (χ4n) is 3.79. The molecule has 0 bridgehead atoms. The molecule has 3 rings (SSSR count). The monoisotopic (exact) mass is 382 g/mol. The van der Waals surface area contributed by atoms with Gasteiger partial charge in [0.2, 0.25) is 0 Å². The molecular formula is C22H26N2O4. The highest BCUT2D eigenvalue weighted by atomic mass is 16.5. The van der Waals surface area contributed by atoms with Gasteiger partial charge in [-0.05, 0) is 79.6 Å². The molecule has 3 N–H and O–H groups in total. The Morgan fingerprint density at radius 2 is 1.82 bits per heavy atom. The van der Waals surface area contributed by atoms with Crippen LogP contribution in [0.25, 0.3) is 0 Å². The minimum atomic E-state index is -1.20. The molecule has 0 heterocycles. The first-order valence-electron chi connectivity index (χ1n) is 9.38. The quantitative estimate of drug-likeness (QED) is 0.710. The summed E-state index contributed by atoms with van der Waals surface area (Å²) in [7, 11) is 1.60. The summed E-state index contributed by atoms with van der Waals surface area (Å²) in [5.41, 5.74) is 3.15. The molecule has 2 aromatic rings. The van der Waals surface area contributed by atoms with Crippen LogP contribution in [0.2, 0.25) is 0 Å². The van der Waals surface area contributed by atoms with E-state index in [0.29, 0.717) is 12.1 Å². The number of methoxy groups -OCH3 is 1. The summed E-state index contributed by atoms with van der Waals surface area (Å²) in [4.78, 5) is 24.5. The highest BCUT2D eigenvalue weighted by Crippen LogP contribution is 2.36. The van der Waals surface area contributed by atoms with Crippen LogP contribution < -0.4 is 15.4 Å². The van der Waals surface area contributed by atoms with E-state index in [2.05, 4.69) is 10.6 Å². The lowest BCUT2D eigenvalue weighted by Crippen LogP contribution is -2.46. The van der Waals surface area contributed by atoms with Crippen molar-refractivity contribution < 1.29 is 19.4 Å². The maximum Gasteiger partial charge on any atom is 0.313 e. The second kappa shape index (κ2) is 8.02. The molecule has 6 heteroatoms. The summed E-state index contributed by atoms with van der Waals surface area (Å²) in [6, 6.07) is 11.1. The number of hydrogen-bond acceptors (Lipinski definition) is 4. The van der Waals surface area contributed by atoms with Crippen LogP contribution in [-0.2, 0) is 21.6 Å². The van der Waals surface area contributed by atoms with Crippen molar-refractivity contribution in [2.24, 2.45) is 0 Å².